The monoisotopic (exact) mass is 493 g/mol. The Morgan fingerprint density at radius 2 is 1.42 bits per heavy atom. The first-order chi connectivity index (χ1) is 13.5. The second-order valence-corrected chi connectivity index (χ2v) is 6.97. The fraction of sp³-hybridized carbons (Fsp3) is 0.368. The van der Waals surface area contributed by atoms with E-state index in [1.54, 1.807) is 24.5 Å². The molecule has 5 N–H and O–H groups in total. The molecule has 172 valence electrons. The lowest BCUT2D eigenvalue weighted by Crippen LogP contribution is -2.45. The highest BCUT2D eigenvalue weighted by Crippen LogP contribution is 2.30. The number of hydrogen-bond acceptors (Lipinski definition) is 5. The molecule has 1 saturated heterocycles. The fourth-order valence-electron chi connectivity index (χ4n) is 3.21. The molecule has 9 nitrogen and oxygen atoms in total. The van der Waals surface area contributed by atoms with Gasteiger partial charge in [-0.15, -0.1) is 37.2 Å². The number of pyridine rings is 2. The van der Waals surface area contributed by atoms with E-state index in [4.69, 9.17) is 0 Å². The minimum absolute atomic E-state index is 0. The third kappa shape index (κ3) is 8.02. The lowest BCUT2D eigenvalue weighted by atomic mass is 9.82. The molecule has 3 rings (SSSR count). The van der Waals surface area contributed by atoms with Gasteiger partial charge in [0.15, 0.2) is 0 Å². The summed E-state index contributed by atoms with van der Waals surface area (Å²) in [6.07, 6.45) is 3.74. The SMILES string of the molecule is Cl.Cl.Cl.O=C(CC1(C(=O)NCc2ccc(=O)[nH]c2)CCNC1)NCc1ccc(=O)[nH]c1. The molecule has 2 aromatic rings. The number of H-pyrrole nitrogens is 2. The zero-order valence-corrected chi connectivity index (χ0v) is 19.0. The van der Waals surface area contributed by atoms with Crippen molar-refractivity contribution in [3.05, 3.63) is 68.5 Å². The number of rotatable bonds is 7. The van der Waals surface area contributed by atoms with Gasteiger partial charge in [-0.1, -0.05) is 12.1 Å². The quantitative estimate of drug-likeness (QED) is 0.385. The highest BCUT2D eigenvalue weighted by molar-refractivity contribution is 5.89. The van der Waals surface area contributed by atoms with Gasteiger partial charge in [-0.3, -0.25) is 19.2 Å². The van der Waals surface area contributed by atoms with Crippen LogP contribution in [0.1, 0.15) is 24.0 Å². The molecule has 31 heavy (non-hydrogen) atoms. The molecule has 0 aliphatic carbocycles. The third-order valence-corrected chi connectivity index (χ3v) is 4.86. The summed E-state index contributed by atoms with van der Waals surface area (Å²) >= 11 is 0. The van der Waals surface area contributed by atoms with Crippen LogP contribution in [-0.4, -0.2) is 34.9 Å². The lowest BCUT2D eigenvalue weighted by Gasteiger charge is -2.26. The van der Waals surface area contributed by atoms with Crippen molar-refractivity contribution in [2.24, 2.45) is 5.41 Å². The average Bonchev–Trinajstić information content (AvgIpc) is 3.16. The Labute approximate surface area is 197 Å². The van der Waals surface area contributed by atoms with E-state index in [9.17, 15) is 19.2 Å². The maximum Gasteiger partial charge on any atom is 0.247 e. The number of nitrogens with one attached hydrogen (secondary N) is 5. The number of aromatic amines is 2. The van der Waals surface area contributed by atoms with Crippen LogP contribution in [0.15, 0.2) is 46.2 Å². The van der Waals surface area contributed by atoms with Gasteiger partial charge in [0, 0.05) is 50.6 Å². The first-order valence-corrected chi connectivity index (χ1v) is 9.08. The van der Waals surface area contributed by atoms with Crippen LogP contribution >= 0.6 is 37.2 Å². The molecule has 1 unspecified atom stereocenters. The Kier molecular flexibility index (Phi) is 12.2. The number of carbonyl (C=O) groups is 2. The molecule has 2 aromatic heterocycles. The summed E-state index contributed by atoms with van der Waals surface area (Å²) in [5.41, 5.74) is 0.332. The van der Waals surface area contributed by atoms with E-state index in [0.29, 0.717) is 19.5 Å². The van der Waals surface area contributed by atoms with Crippen LogP contribution in [0.4, 0.5) is 0 Å². The summed E-state index contributed by atoms with van der Waals surface area (Å²) in [5.74, 6) is -0.419. The predicted octanol–water partition coefficient (Wildman–Crippen LogP) is 0.631. The highest BCUT2D eigenvalue weighted by atomic mass is 35.5. The first kappa shape index (κ1) is 28.7. The zero-order valence-electron chi connectivity index (χ0n) is 16.6. The summed E-state index contributed by atoms with van der Waals surface area (Å²) in [6.45, 7) is 1.64. The molecule has 0 spiro atoms. The van der Waals surface area contributed by atoms with Gasteiger partial charge >= 0.3 is 0 Å². The molecule has 2 amide bonds. The van der Waals surface area contributed by atoms with Crippen molar-refractivity contribution in [2.45, 2.75) is 25.9 Å². The molecular weight excluding hydrogens is 469 g/mol. The average molecular weight is 495 g/mol. The van der Waals surface area contributed by atoms with Gasteiger partial charge in [-0.25, -0.2) is 0 Å². The smallest absolute Gasteiger partial charge is 0.247 e. The van der Waals surface area contributed by atoms with Crippen molar-refractivity contribution >= 4 is 49.0 Å². The molecule has 3 heterocycles. The van der Waals surface area contributed by atoms with Crippen LogP contribution in [0.3, 0.4) is 0 Å². The molecule has 1 fully saturated rings. The van der Waals surface area contributed by atoms with E-state index in [2.05, 4.69) is 25.9 Å². The number of hydrogen-bond donors (Lipinski definition) is 5. The highest BCUT2D eigenvalue weighted by Gasteiger charge is 2.42. The number of carbonyl (C=O) groups excluding carboxylic acids is 2. The van der Waals surface area contributed by atoms with Crippen LogP contribution < -0.4 is 27.1 Å². The van der Waals surface area contributed by atoms with Gasteiger partial charge < -0.3 is 25.9 Å². The number of halogens is 3. The molecule has 1 aliphatic rings. The van der Waals surface area contributed by atoms with Gasteiger partial charge in [0.2, 0.25) is 22.9 Å². The van der Waals surface area contributed by atoms with Crippen molar-refractivity contribution in [1.82, 2.24) is 25.9 Å². The largest absolute Gasteiger partial charge is 0.352 e. The normalized spacial score (nSPS) is 16.8. The number of amides is 2. The Morgan fingerprint density at radius 1 is 0.871 bits per heavy atom. The van der Waals surface area contributed by atoms with Crippen molar-refractivity contribution in [3.63, 3.8) is 0 Å². The molecular formula is C19H26Cl3N5O4. The van der Waals surface area contributed by atoms with Gasteiger partial charge in [0.1, 0.15) is 0 Å². The first-order valence-electron chi connectivity index (χ1n) is 9.08. The van der Waals surface area contributed by atoms with E-state index in [0.717, 1.165) is 11.1 Å². The van der Waals surface area contributed by atoms with E-state index < -0.39 is 5.41 Å². The van der Waals surface area contributed by atoms with Crippen LogP contribution in [0.5, 0.6) is 0 Å². The van der Waals surface area contributed by atoms with Gasteiger partial charge in [0.25, 0.3) is 0 Å². The van der Waals surface area contributed by atoms with Gasteiger partial charge in [-0.2, -0.15) is 0 Å². The summed E-state index contributed by atoms with van der Waals surface area (Å²) in [5, 5.41) is 8.82. The molecule has 0 radical (unpaired) electrons. The van der Waals surface area contributed by atoms with Crippen LogP contribution in [0.25, 0.3) is 0 Å². The van der Waals surface area contributed by atoms with Crippen LogP contribution in [-0.2, 0) is 22.7 Å². The number of aromatic nitrogens is 2. The van der Waals surface area contributed by atoms with Crippen molar-refractivity contribution < 1.29 is 9.59 Å². The molecule has 0 bridgehead atoms. The van der Waals surface area contributed by atoms with E-state index in [-0.39, 0.29) is 79.7 Å². The Hall–Kier alpha value is -2.33. The van der Waals surface area contributed by atoms with Crippen molar-refractivity contribution in [1.29, 1.82) is 0 Å². The van der Waals surface area contributed by atoms with E-state index in [1.165, 1.54) is 12.1 Å². The lowest BCUT2D eigenvalue weighted by molar-refractivity contribution is -0.135. The summed E-state index contributed by atoms with van der Waals surface area (Å²) in [7, 11) is 0. The zero-order chi connectivity index (χ0) is 20.0. The van der Waals surface area contributed by atoms with E-state index in [1.807, 2.05) is 0 Å². The Bertz CT molecular complexity index is 933. The van der Waals surface area contributed by atoms with Gasteiger partial charge in [-0.05, 0) is 24.1 Å². The summed E-state index contributed by atoms with van der Waals surface area (Å²) < 4.78 is 0. The molecule has 0 aromatic carbocycles. The second kappa shape index (κ2) is 13.2. The fourth-order valence-corrected chi connectivity index (χ4v) is 3.21. The molecule has 0 saturated carbocycles. The summed E-state index contributed by atoms with van der Waals surface area (Å²) in [6, 6.07) is 6.09. The maximum absolute atomic E-state index is 12.8. The molecule has 12 heteroatoms. The van der Waals surface area contributed by atoms with E-state index >= 15 is 0 Å². The van der Waals surface area contributed by atoms with Crippen LogP contribution in [0.2, 0.25) is 0 Å². The second-order valence-electron chi connectivity index (χ2n) is 6.97. The third-order valence-electron chi connectivity index (χ3n) is 4.86. The Morgan fingerprint density at radius 3 is 1.87 bits per heavy atom. The van der Waals surface area contributed by atoms with Crippen LogP contribution in [0, 0.1) is 5.41 Å². The topological polar surface area (TPSA) is 136 Å². The molecule has 1 aliphatic heterocycles. The van der Waals surface area contributed by atoms with Gasteiger partial charge in [0.05, 0.1) is 5.41 Å². The molecule has 1 atom stereocenters. The van der Waals surface area contributed by atoms with Crippen molar-refractivity contribution in [3.8, 4) is 0 Å². The minimum Gasteiger partial charge on any atom is -0.352 e. The maximum atomic E-state index is 12.8. The summed E-state index contributed by atoms with van der Waals surface area (Å²) in [4.78, 5) is 52.5. The standard InChI is InChI=1S/C19H23N5O4.3ClH/c25-15-3-1-13(8-21-15)10-23-17(27)7-19(5-6-20-12-19)18(28)24-11-14-2-4-16(26)22-9-14;;;/h1-4,8-9,20H,5-7,10-12H2,(H,21,25)(H,22,26)(H,23,27)(H,24,28);3*1H. The Balaban J connectivity index is 0.00000300. The predicted molar refractivity (Wildman–Crippen MR) is 124 cm³/mol. The van der Waals surface area contributed by atoms with Crippen molar-refractivity contribution in [2.75, 3.05) is 13.1 Å². The minimum atomic E-state index is -0.808.